The highest BCUT2D eigenvalue weighted by molar-refractivity contribution is 5.86. The Balaban J connectivity index is 2.43. The van der Waals surface area contributed by atoms with Crippen molar-refractivity contribution in [3.63, 3.8) is 0 Å². The molecular formula is C10H7FN2O5. The van der Waals surface area contributed by atoms with E-state index in [9.17, 15) is 18.8 Å². The summed E-state index contributed by atoms with van der Waals surface area (Å²) in [5.41, 5.74) is -1.77. The van der Waals surface area contributed by atoms with Crippen LogP contribution in [0.25, 0.3) is 0 Å². The van der Waals surface area contributed by atoms with Crippen LogP contribution in [0.4, 0.5) is 4.39 Å². The molecule has 2 aromatic heterocycles. The van der Waals surface area contributed by atoms with Crippen molar-refractivity contribution in [2.75, 3.05) is 0 Å². The predicted octanol–water partition coefficient (Wildman–Crippen LogP) is 0.0152. The van der Waals surface area contributed by atoms with Crippen molar-refractivity contribution < 1.29 is 18.7 Å². The molecule has 0 unspecified atom stereocenters. The Kier molecular flexibility index (Phi) is 2.84. The number of rotatable bonds is 3. The molecule has 0 aromatic carbocycles. The topological polar surface area (TPSA) is 105 Å². The molecule has 0 radical (unpaired) electrons. The molecule has 94 valence electrons. The van der Waals surface area contributed by atoms with Gasteiger partial charge in [-0.1, -0.05) is 0 Å². The maximum absolute atomic E-state index is 13.0. The zero-order valence-electron chi connectivity index (χ0n) is 8.84. The van der Waals surface area contributed by atoms with E-state index in [1.54, 1.807) is 4.98 Å². The van der Waals surface area contributed by atoms with Crippen molar-refractivity contribution in [2.24, 2.45) is 0 Å². The van der Waals surface area contributed by atoms with E-state index in [0.29, 0.717) is 6.20 Å². The van der Waals surface area contributed by atoms with Gasteiger partial charge >= 0.3 is 11.7 Å². The first-order valence-corrected chi connectivity index (χ1v) is 4.78. The van der Waals surface area contributed by atoms with Crippen LogP contribution in [0.5, 0.6) is 0 Å². The van der Waals surface area contributed by atoms with Gasteiger partial charge in [-0.2, -0.15) is 4.39 Å². The van der Waals surface area contributed by atoms with Gasteiger partial charge < -0.3 is 9.52 Å². The molecule has 2 heterocycles. The first-order valence-electron chi connectivity index (χ1n) is 4.78. The van der Waals surface area contributed by atoms with Gasteiger partial charge in [0.1, 0.15) is 0 Å². The predicted molar refractivity (Wildman–Crippen MR) is 56.0 cm³/mol. The third kappa shape index (κ3) is 2.08. The zero-order chi connectivity index (χ0) is 13.3. The van der Waals surface area contributed by atoms with Crippen LogP contribution in [-0.4, -0.2) is 20.6 Å². The van der Waals surface area contributed by atoms with E-state index in [1.807, 2.05) is 0 Å². The van der Waals surface area contributed by atoms with E-state index in [2.05, 4.69) is 0 Å². The van der Waals surface area contributed by atoms with Crippen molar-refractivity contribution in [2.45, 2.75) is 6.54 Å². The first kappa shape index (κ1) is 11.8. The van der Waals surface area contributed by atoms with Gasteiger partial charge in [-0.05, 0) is 6.07 Å². The highest BCUT2D eigenvalue weighted by Gasteiger charge is 2.15. The number of carboxylic acids is 1. The van der Waals surface area contributed by atoms with Crippen LogP contribution in [0.2, 0.25) is 0 Å². The highest BCUT2D eigenvalue weighted by atomic mass is 19.1. The second-order valence-electron chi connectivity index (χ2n) is 3.44. The van der Waals surface area contributed by atoms with Crippen LogP contribution < -0.4 is 11.2 Å². The highest BCUT2D eigenvalue weighted by Crippen LogP contribution is 2.11. The largest absolute Gasteiger partial charge is 0.475 e. The van der Waals surface area contributed by atoms with Crippen LogP contribution in [0.1, 0.15) is 16.1 Å². The summed E-state index contributed by atoms with van der Waals surface area (Å²) in [6.45, 7) is -0.218. The van der Waals surface area contributed by atoms with Crippen LogP contribution >= 0.6 is 0 Å². The monoisotopic (exact) mass is 254 g/mol. The molecule has 0 fully saturated rings. The molecule has 2 aromatic rings. The summed E-state index contributed by atoms with van der Waals surface area (Å²) < 4.78 is 18.6. The fraction of sp³-hybridized carbons (Fsp3) is 0.100. The second-order valence-corrected chi connectivity index (χ2v) is 3.44. The van der Waals surface area contributed by atoms with Crippen LogP contribution in [0.15, 0.2) is 32.5 Å². The minimum atomic E-state index is -1.30. The lowest BCUT2D eigenvalue weighted by Gasteiger charge is -2.03. The Hall–Kier alpha value is -2.64. The molecule has 0 aliphatic rings. The Morgan fingerprint density at radius 2 is 2.22 bits per heavy atom. The average molecular weight is 254 g/mol. The quantitative estimate of drug-likeness (QED) is 0.802. The number of carbonyl (C=O) groups is 1. The summed E-state index contributed by atoms with van der Waals surface area (Å²) in [6, 6.07) is 1.35. The molecule has 0 atom stereocenters. The van der Waals surface area contributed by atoms with E-state index in [4.69, 9.17) is 9.52 Å². The van der Waals surface area contributed by atoms with Crippen molar-refractivity contribution in [3.05, 3.63) is 56.5 Å². The number of carboxylic acid groups (broad SMARTS) is 1. The number of nitrogens with one attached hydrogen (secondary N) is 1. The lowest BCUT2D eigenvalue weighted by molar-refractivity contribution is 0.0660. The number of nitrogens with zero attached hydrogens (tertiary/aromatic N) is 1. The number of aromatic amines is 1. The number of H-pyrrole nitrogens is 1. The lowest BCUT2D eigenvalue weighted by atomic mass is 10.2. The van der Waals surface area contributed by atoms with Crippen LogP contribution in [-0.2, 0) is 6.54 Å². The molecule has 7 nitrogen and oxygen atoms in total. The Labute approximate surface area is 98.1 Å². The summed E-state index contributed by atoms with van der Waals surface area (Å²) >= 11 is 0. The summed E-state index contributed by atoms with van der Waals surface area (Å²) in [5.74, 6) is -2.77. The molecule has 8 heteroatoms. The Bertz CT molecular complexity index is 712. The van der Waals surface area contributed by atoms with Crippen molar-refractivity contribution in [3.8, 4) is 0 Å². The SMILES string of the molecule is O=C(O)c1occc1Cn1cc(F)c(=O)[nH]c1=O. The molecule has 0 saturated heterocycles. The average Bonchev–Trinajstić information content (AvgIpc) is 2.74. The van der Waals surface area contributed by atoms with E-state index in [0.717, 1.165) is 10.8 Å². The Morgan fingerprint density at radius 3 is 2.89 bits per heavy atom. The molecule has 2 N–H and O–H groups in total. The fourth-order valence-electron chi connectivity index (χ4n) is 1.43. The summed E-state index contributed by atoms with van der Waals surface area (Å²) in [7, 11) is 0. The smallest absolute Gasteiger partial charge is 0.372 e. The lowest BCUT2D eigenvalue weighted by Crippen LogP contribution is -2.31. The van der Waals surface area contributed by atoms with Gasteiger partial charge in [0.25, 0.3) is 5.56 Å². The molecule has 0 bridgehead atoms. The minimum absolute atomic E-state index is 0.191. The molecule has 18 heavy (non-hydrogen) atoms. The molecule has 0 saturated carbocycles. The van der Waals surface area contributed by atoms with E-state index >= 15 is 0 Å². The van der Waals surface area contributed by atoms with E-state index in [-0.39, 0.29) is 17.9 Å². The molecular weight excluding hydrogens is 247 g/mol. The summed E-state index contributed by atoms with van der Waals surface area (Å²) in [4.78, 5) is 34.7. The molecule has 2 rings (SSSR count). The summed E-state index contributed by atoms with van der Waals surface area (Å²) in [5, 5.41) is 8.79. The van der Waals surface area contributed by atoms with Crippen molar-refractivity contribution in [1.82, 2.24) is 9.55 Å². The molecule has 0 amide bonds. The number of hydrogen-bond acceptors (Lipinski definition) is 4. The molecule has 0 spiro atoms. The molecule has 0 aliphatic heterocycles. The Morgan fingerprint density at radius 1 is 1.50 bits per heavy atom. The number of aromatic nitrogens is 2. The number of furan rings is 1. The molecule has 0 aliphatic carbocycles. The second kappa shape index (κ2) is 4.32. The van der Waals surface area contributed by atoms with Gasteiger partial charge in [0.15, 0.2) is 0 Å². The normalized spacial score (nSPS) is 10.5. The van der Waals surface area contributed by atoms with Crippen LogP contribution in [0.3, 0.4) is 0 Å². The first-order chi connectivity index (χ1) is 8.49. The van der Waals surface area contributed by atoms with Gasteiger partial charge in [0, 0.05) is 5.56 Å². The fourth-order valence-corrected chi connectivity index (χ4v) is 1.43. The third-order valence-corrected chi connectivity index (χ3v) is 2.25. The van der Waals surface area contributed by atoms with E-state index < -0.39 is 23.0 Å². The van der Waals surface area contributed by atoms with Gasteiger partial charge in [0.05, 0.1) is 19.0 Å². The van der Waals surface area contributed by atoms with Gasteiger partial charge in [0.2, 0.25) is 11.6 Å². The standard InChI is InChI=1S/C10H7FN2O5/c11-6-4-13(10(17)12-8(6)14)3-5-1-2-18-7(5)9(15)16/h1-2,4H,3H2,(H,15,16)(H,12,14,17). The maximum Gasteiger partial charge on any atom is 0.372 e. The zero-order valence-corrected chi connectivity index (χ0v) is 8.84. The maximum atomic E-state index is 13.0. The summed E-state index contributed by atoms with van der Waals surface area (Å²) in [6.07, 6.45) is 1.85. The van der Waals surface area contributed by atoms with Gasteiger partial charge in [-0.15, -0.1) is 0 Å². The number of hydrogen-bond donors (Lipinski definition) is 2. The number of halogens is 1. The van der Waals surface area contributed by atoms with Crippen molar-refractivity contribution >= 4 is 5.97 Å². The minimum Gasteiger partial charge on any atom is -0.475 e. The third-order valence-electron chi connectivity index (χ3n) is 2.25. The van der Waals surface area contributed by atoms with Crippen molar-refractivity contribution in [1.29, 1.82) is 0 Å². The van der Waals surface area contributed by atoms with Gasteiger partial charge in [-0.3, -0.25) is 14.3 Å². The van der Waals surface area contributed by atoms with Crippen LogP contribution in [0, 0.1) is 5.82 Å². The van der Waals surface area contributed by atoms with Gasteiger partial charge in [-0.25, -0.2) is 9.59 Å². The number of aromatic carboxylic acids is 1. The van der Waals surface area contributed by atoms with E-state index in [1.165, 1.54) is 6.07 Å².